The van der Waals surface area contributed by atoms with E-state index in [0.717, 1.165) is 18.6 Å². The quantitative estimate of drug-likeness (QED) is 0.489. The molecule has 0 saturated heterocycles. The van der Waals surface area contributed by atoms with Gasteiger partial charge in [-0.3, -0.25) is 0 Å². The molecule has 0 spiro atoms. The Morgan fingerprint density at radius 3 is 2.05 bits per heavy atom. The van der Waals surface area contributed by atoms with Crippen LogP contribution in [0.4, 0.5) is 0 Å². The first-order valence-corrected chi connectivity index (χ1v) is 7.32. The van der Waals surface area contributed by atoms with Crippen LogP contribution in [0.5, 0.6) is 5.75 Å². The molecular weight excluding hydrogens is 236 g/mol. The topological polar surface area (TPSA) is 18.5 Å². The van der Waals surface area contributed by atoms with Gasteiger partial charge in [0.25, 0.3) is 0 Å². The van der Waals surface area contributed by atoms with E-state index in [1.807, 2.05) is 12.1 Å². The third kappa shape index (κ3) is 5.23. The molecular formula is C17H28O2. The Morgan fingerprint density at radius 1 is 1.05 bits per heavy atom. The van der Waals surface area contributed by atoms with Gasteiger partial charge in [-0.2, -0.15) is 4.89 Å². The lowest BCUT2D eigenvalue weighted by Gasteiger charge is -2.28. The fraction of sp³-hybridized carbons (Fsp3) is 0.647. The highest BCUT2D eigenvalue weighted by atomic mass is 17.2. The largest absolute Gasteiger partial charge is 0.337 e. The second-order valence-electron chi connectivity index (χ2n) is 6.29. The van der Waals surface area contributed by atoms with Crippen LogP contribution in [0.25, 0.3) is 0 Å². The summed E-state index contributed by atoms with van der Waals surface area (Å²) in [5.41, 5.74) is 1.10. The summed E-state index contributed by atoms with van der Waals surface area (Å²) >= 11 is 0. The maximum absolute atomic E-state index is 5.68. The van der Waals surface area contributed by atoms with Crippen molar-refractivity contribution in [3.63, 3.8) is 0 Å². The first kappa shape index (κ1) is 16.0. The van der Waals surface area contributed by atoms with Crippen molar-refractivity contribution in [1.82, 2.24) is 0 Å². The molecule has 0 saturated carbocycles. The van der Waals surface area contributed by atoms with Crippen LogP contribution in [0.1, 0.15) is 65.9 Å². The summed E-state index contributed by atoms with van der Waals surface area (Å²) in [6.07, 6.45) is 1.93. The molecule has 0 heterocycles. The van der Waals surface area contributed by atoms with Crippen molar-refractivity contribution in [3.8, 4) is 5.75 Å². The van der Waals surface area contributed by atoms with E-state index in [4.69, 9.17) is 9.78 Å². The summed E-state index contributed by atoms with van der Waals surface area (Å²) in [6.45, 7) is 13.0. The van der Waals surface area contributed by atoms with Crippen LogP contribution < -0.4 is 4.89 Å². The Kier molecular flexibility index (Phi) is 5.86. The molecule has 1 atom stereocenters. The summed E-state index contributed by atoms with van der Waals surface area (Å²) in [6, 6.07) is 8.13. The average molecular weight is 264 g/mol. The second-order valence-corrected chi connectivity index (χ2v) is 6.29. The third-order valence-corrected chi connectivity index (χ3v) is 3.47. The molecule has 0 N–H and O–H groups in total. The minimum atomic E-state index is -0.217. The van der Waals surface area contributed by atoms with E-state index in [1.165, 1.54) is 5.56 Å². The highest BCUT2D eigenvalue weighted by Gasteiger charge is 2.26. The van der Waals surface area contributed by atoms with Gasteiger partial charge in [0.2, 0.25) is 0 Å². The van der Waals surface area contributed by atoms with Crippen LogP contribution in [0.15, 0.2) is 24.3 Å². The molecule has 2 nitrogen and oxygen atoms in total. The summed E-state index contributed by atoms with van der Waals surface area (Å²) in [4.78, 5) is 11.2. The summed E-state index contributed by atoms with van der Waals surface area (Å²) < 4.78 is 0. The lowest BCUT2D eigenvalue weighted by molar-refractivity contribution is -0.291. The van der Waals surface area contributed by atoms with Gasteiger partial charge in [-0.05, 0) is 49.3 Å². The van der Waals surface area contributed by atoms with E-state index in [2.05, 4.69) is 53.7 Å². The molecule has 2 heteroatoms. The van der Waals surface area contributed by atoms with Crippen LogP contribution >= 0.6 is 0 Å². The maximum Gasteiger partial charge on any atom is 0.165 e. The van der Waals surface area contributed by atoms with Gasteiger partial charge < -0.3 is 4.89 Å². The fourth-order valence-electron chi connectivity index (χ4n) is 2.16. The lowest BCUT2D eigenvalue weighted by Crippen LogP contribution is -2.31. The minimum Gasteiger partial charge on any atom is -0.337 e. The Hall–Kier alpha value is -1.02. The molecule has 0 bridgehead atoms. The van der Waals surface area contributed by atoms with Crippen molar-refractivity contribution in [3.05, 3.63) is 29.8 Å². The molecule has 1 aromatic rings. The Balaban J connectivity index is 2.59. The molecule has 108 valence electrons. The normalized spacial score (nSPS) is 14.7. The smallest absolute Gasteiger partial charge is 0.165 e. The van der Waals surface area contributed by atoms with Crippen molar-refractivity contribution in [2.24, 2.45) is 5.92 Å². The van der Waals surface area contributed by atoms with Crippen molar-refractivity contribution < 1.29 is 9.78 Å². The van der Waals surface area contributed by atoms with E-state index >= 15 is 0 Å². The van der Waals surface area contributed by atoms with Crippen LogP contribution in [-0.4, -0.2) is 5.60 Å². The molecule has 1 unspecified atom stereocenters. The molecule has 0 aliphatic heterocycles. The average Bonchev–Trinajstić information content (AvgIpc) is 2.36. The second kappa shape index (κ2) is 6.95. The van der Waals surface area contributed by atoms with Gasteiger partial charge >= 0.3 is 0 Å². The first-order chi connectivity index (χ1) is 8.86. The predicted molar refractivity (Wildman–Crippen MR) is 80.4 cm³/mol. The zero-order valence-electron chi connectivity index (χ0n) is 13.2. The monoisotopic (exact) mass is 264 g/mol. The van der Waals surface area contributed by atoms with Gasteiger partial charge in [-0.25, -0.2) is 0 Å². The van der Waals surface area contributed by atoms with Crippen LogP contribution in [0.3, 0.4) is 0 Å². The Bertz CT molecular complexity index is 367. The number of benzene rings is 1. The molecule has 1 rings (SSSR count). The number of rotatable bonds is 7. The van der Waals surface area contributed by atoms with Gasteiger partial charge in [-0.15, -0.1) is 0 Å². The van der Waals surface area contributed by atoms with Crippen molar-refractivity contribution >= 4 is 0 Å². The van der Waals surface area contributed by atoms with Crippen molar-refractivity contribution in [2.75, 3.05) is 0 Å². The van der Waals surface area contributed by atoms with Gasteiger partial charge in [0.05, 0.1) is 0 Å². The highest BCUT2D eigenvalue weighted by molar-refractivity contribution is 5.28. The molecule has 0 radical (unpaired) electrons. The highest BCUT2D eigenvalue weighted by Crippen LogP contribution is 2.26. The van der Waals surface area contributed by atoms with Gasteiger partial charge in [-0.1, -0.05) is 46.8 Å². The molecule has 19 heavy (non-hydrogen) atoms. The Labute approximate surface area is 118 Å². The van der Waals surface area contributed by atoms with E-state index in [1.54, 1.807) is 0 Å². The van der Waals surface area contributed by atoms with E-state index in [0.29, 0.717) is 11.8 Å². The molecule has 1 aromatic carbocycles. The third-order valence-electron chi connectivity index (χ3n) is 3.47. The zero-order chi connectivity index (χ0) is 14.5. The van der Waals surface area contributed by atoms with Gasteiger partial charge in [0.1, 0.15) is 5.60 Å². The lowest BCUT2D eigenvalue weighted by atomic mass is 9.92. The number of hydrogen-bond donors (Lipinski definition) is 0. The minimum absolute atomic E-state index is 0.217. The fourth-order valence-corrected chi connectivity index (χ4v) is 2.16. The molecule has 0 fully saturated rings. The van der Waals surface area contributed by atoms with Crippen LogP contribution in [-0.2, 0) is 4.89 Å². The summed E-state index contributed by atoms with van der Waals surface area (Å²) in [7, 11) is 0. The van der Waals surface area contributed by atoms with Crippen molar-refractivity contribution in [1.29, 1.82) is 0 Å². The number of hydrogen-bond acceptors (Lipinski definition) is 2. The van der Waals surface area contributed by atoms with Crippen LogP contribution in [0.2, 0.25) is 0 Å². The van der Waals surface area contributed by atoms with Crippen molar-refractivity contribution in [2.45, 2.75) is 65.9 Å². The summed E-state index contributed by atoms with van der Waals surface area (Å²) in [5, 5.41) is 0. The molecule has 0 aliphatic rings. The first-order valence-electron chi connectivity index (χ1n) is 7.32. The zero-order valence-corrected chi connectivity index (χ0v) is 13.2. The molecule has 0 amide bonds. The molecule has 0 aromatic heterocycles. The van der Waals surface area contributed by atoms with E-state index in [9.17, 15) is 0 Å². The van der Waals surface area contributed by atoms with Gasteiger partial charge in [0, 0.05) is 0 Å². The standard InChI is InChI=1S/C17H28O2/c1-7-17(6,12-13(2)3)19-18-16-10-8-15(9-11-16)14(4)5/h8-11,13-14H,7,12H2,1-6H3. The van der Waals surface area contributed by atoms with Crippen LogP contribution in [0, 0.1) is 5.92 Å². The maximum atomic E-state index is 5.68. The predicted octanol–water partition coefficient (Wildman–Crippen LogP) is 5.34. The Morgan fingerprint density at radius 2 is 1.63 bits per heavy atom. The van der Waals surface area contributed by atoms with E-state index < -0.39 is 0 Å². The van der Waals surface area contributed by atoms with E-state index in [-0.39, 0.29) is 5.60 Å². The summed E-state index contributed by atoms with van der Waals surface area (Å²) in [5.74, 6) is 1.90. The van der Waals surface area contributed by atoms with Gasteiger partial charge in [0.15, 0.2) is 5.75 Å². The molecule has 0 aliphatic carbocycles. The SMILES string of the molecule is CCC(C)(CC(C)C)OOc1ccc(C(C)C)cc1.